The van der Waals surface area contributed by atoms with E-state index in [4.69, 9.17) is 4.42 Å². The highest BCUT2D eigenvalue weighted by atomic mass is 35.5. The molecule has 1 aromatic carbocycles. The van der Waals surface area contributed by atoms with Gasteiger partial charge in [0, 0.05) is 17.8 Å². The van der Waals surface area contributed by atoms with Crippen LogP contribution in [0.4, 0.5) is 5.69 Å². The van der Waals surface area contributed by atoms with Crippen LogP contribution in [0.5, 0.6) is 0 Å². The summed E-state index contributed by atoms with van der Waals surface area (Å²) in [6.07, 6.45) is 4.85. The van der Waals surface area contributed by atoms with Gasteiger partial charge in [-0.05, 0) is 75.0 Å². The summed E-state index contributed by atoms with van der Waals surface area (Å²) in [5.41, 5.74) is 2.03. The number of rotatable bonds is 6. The Morgan fingerprint density at radius 3 is 2.81 bits per heavy atom. The maximum Gasteiger partial charge on any atom is 0.291 e. The fourth-order valence-electron chi connectivity index (χ4n) is 3.15. The summed E-state index contributed by atoms with van der Waals surface area (Å²) in [6.45, 7) is 4.67. The van der Waals surface area contributed by atoms with Crippen LogP contribution >= 0.6 is 12.4 Å². The van der Waals surface area contributed by atoms with Gasteiger partial charge in [-0.1, -0.05) is 6.07 Å². The monoisotopic (exact) mass is 391 g/mol. The first-order valence-corrected chi connectivity index (χ1v) is 9.08. The first-order valence-electron chi connectivity index (χ1n) is 9.08. The number of aryl methyl sites for hydroxylation is 1. The second-order valence-electron chi connectivity index (χ2n) is 6.72. The van der Waals surface area contributed by atoms with E-state index in [2.05, 4.69) is 16.0 Å². The van der Waals surface area contributed by atoms with Gasteiger partial charge in [-0.15, -0.1) is 12.4 Å². The highest BCUT2D eigenvalue weighted by Gasteiger charge is 2.15. The Hall–Kier alpha value is -2.31. The number of nitrogens with one attached hydrogen (secondary N) is 3. The standard InChI is InChI=1S/C20H25N3O3.ClH/c1-14-6-7-16(12-17(14)23-20(25)18-5-3-11-26-18)19(24)22-10-8-15-4-2-9-21-13-15;/h3,5-7,11-12,15,21H,2,4,8-10,13H2,1H3,(H,22,24)(H,23,25);1H. The van der Waals surface area contributed by atoms with Crippen molar-refractivity contribution in [1.82, 2.24) is 10.6 Å². The van der Waals surface area contributed by atoms with Crippen molar-refractivity contribution < 1.29 is 14.0 Å². The number of piperidine rings is 1. The van der Waals surface area contributed by atoms with Crippen LogP contribution in [0.1, 0.15) is 45.7 Å². The van der Waals surface area contributed by atoms with Crippen molar-refractivity contribution in [2.24, 2.45) is 5.92 Å². The number of anilines is 1. The highest BCUT2D eigenvalue weighted by molar-refractivity contribution is 6.03. The molecule has 2 amide bonds. The largest absolute Gasteiger partial charge is 0.459 e. The van der Waals surface area contributed by atoms with Gasteiger partial charge in [-0.3, -0.25) is 9.59 Å². The number of halogens is 1. The molecule has 3 N–H and O–H groups in total. The zero-order valence-electron chi connectivity index (χ0n) is 15.4. The minimum absolute atomic E-state index is 0. The quantitative estimate of drug-likeness (QED) is 0.704. The predicted octanol–water partition coefficient (Wildman–Crippen LogP) is 3.38. The fraction of sp³-hybridized carbons (Fsp3) is 0.400. The molecule has 0 aliphatic carbocycles. The Labute approximate surface area is 165 Å². The van der Waals surface area contributed by atoms with Crippen molar-refractivity contribution in [2.75, 3.05) is 25.0 Å². The summed E-state index contributed by atoms with van der Waals surface area (Å²) in [7, 11) is 0. The van der Waals surface area contributed by atoms with Gasteiger partial charge >= 0.3 is 0 Å². The number of carbonyl (C=O) groups excluding carboxylic acids is 2. The molecule has 1 saturated heterocycles. The molecular weight excluding hydrogens is 366 g/mol. The number of hydrogen-bond donors (Lipinski definition) is 3. The van der Waals surface area contributed by atoms with Gasteiger partial charge in [0.1, 0.15) is 0 Å². The summed E-state index contributed by atoms with van der Waals surface area (Å²) in [4.78, 5) is 24.6. The van der Waals surface area contributed by atoms with E-state index in [1.807, 2.05) is 13.0 Å². The van der Waals surface area contributed by atoms with E-state index in [1.54, 1.807) is 24.3 Å². The van der Waals surface area contributed by atoms with Gasteiger partial charge in [-0.25, -0.2) is 0 Å². The number of benzene rings is 1. The second kappa shape index (κ2) is 10.1. The molecule has 1 atom stereocenters. The van der Waals surface area contributed by atoms with Crippen LogP contribution in [0.25, 0.3) is 0 Å². The van der Waals surface area contributed by atoms with E-state index in [0.29, 0.717) is 23.7 Å². The topological polar surface area (TPSA) is 83.4 Å². The minimum atomic E-state index is -0.333. The van der Waals surface area contributed by atoms with Gasteiger partial charge in [0.15, 0.2) is 5.76 Å². The number of furan rings is 1. The summed E-state index contributed by atoms with van der Waals surface area (Å²) in [6, 6.07) is 8.57. The van der Waals surface area contributed by atoms with Crippen LogP contribution < -0.4 is 16.0 Å². The van der Waals surface area contributed by atoms with Crippen molar-refractivity contribution in [2.45, 2.75) is 26.2 Å². The molecule has 1 aliphatic rings. The van der Waals surface area contributed by atoms with E-state index in [0.717, 1.165) is 25.1 Å². The molecule has 3 rings (SSSR count). The van der Waals surface area contributed by atoms with Crippen LogP contribution in [0.2, 0.25) is 0 Å². The lowest BCUT2D eigenvalue weighted by molar-refractivity contribution is 0.0948. The van der Waals surface area contributed by atoms with Gasteiger partial charge in [-0.2, -0.15) is 0 Å². The van der Waals surface area contributed by atoms with Gasteiger partial charge < -0.3 is 20.4 Å². The Kier molecular flexibility index (Phi) is 7.88. The summed E-state index contributed by atoms with van der Waals surface area (Å²) in [5, 5.41) is 9.16. The van der Waals surface area contributed by atoms with E-state index in [1.165, 1.54) is 19.1 Å². The molecule has 2 aromatic rings. The molecule has 0 bridgehead atoms. The third kappa shape index (κ3) is 5.84. The van der Waals surface area contributed by atoms with E-state index in [9.17, 15) is 9.59 Å². The van der Waals surface area contributed by atoms with Crippen molar-refractivity contribution in [3.8, 4) is 0 Å². The SMILES string of the molecule is Cc1ccc(C(=O)NCCC2CCCNC2)cc1NC(=O)c1ccco1.Cl. The smallest absolute Gasteiger partial charge is 0.291 e. The molecular formula is C20H26ClN3O3. The molecule has 1 fully saturated rings. The average molecular weight is 392 g/mol. The maximum absolute atomic E-state index is 12.4. The molecule has 7 heteroatoms. The normalized spacial score (nSPS) is 16.3. The molecule has 1 aliphatic heterocycles. The van der Waals surface area contributed by atoms with Crippen LogP contribution in [0.3, 0.4) is 0 Å². The van der Waals surface area contributed by atoms with Crippen molar-refractivity contribution in [1.29, 1.82) is 0 Å². The molecule has 0 spiro atoms. The van der Waals surface area contributed by atoms with E-state index >= 15 is 0 Å². The predicted molar refractivity (Wildman–Crippen MR) is 108 cm³/mol. The van der Waals surface area contributed by atoms with Crippen LogP contribution in [-0.2, 0) is 0 Å². The Morgan fingerprint density at radius 1 is 1.26 bits per heavy atom. The Bertz CT molecular complexity index is 756. The van der Waals surface area contributed by atoms with Gasteiger partial charge in [0.05, 0.1) is 6.26 Å². The molecule has 146 valence electrons. The van der Waals surface area contributed by atoms with Crippen molar-refractivity contribution in [3.63, 3.8) is 0 Å². The highest BCUT2D eigenvalue weighted by Crippen LogP contribution is 2.18. The fourth-order valence-corrected chi connectivity index (χ4v) is 3.15. The number of amides is 2. The van der Waals surface area contributed by atoms with Crippen molar-refractivity contribution in [3.05, 3.63) is 53.5 Å². The van der Waals surface area contributed by atoms with Gasteiger partial charge in [0.25, 0.3) is 11.8 Å². The zero-order valence-corrected chi connectivity index (χ0v) is 16.2. The second-order valence-corrected chi connectivity index (χ2v) is 6.72. The van der Waals surface area contributed by atoms with E-state index in [-0.39, 0.29) is 30.0 Å². The molecule has 0 saturated carbocycles. The molecule has 6 nitrogen and oxygen atoms in total. The molecule has 1 unspecified atom stereocenters. The Morgan fingerprint density at radius 2 is 2.11 bits per heavy atom. The summed E-state index contributed by atoms with van der Waals surface area (Å²) in [5.74, 6) is 0.410. The maximum atomic E-state index is 12.4. The molecule has 0 radical (unpaired) electrons. The lowest BCUT2D eigenvalue weighted by Gasteiger charge is -2.22. The first-order chi connectivity index (χ1) is 12.6. The zero-order chi connectivity index (χ0) is 18.4. The number of carbonyl (C=O) groups is 2. The van der Waals surface area contributed by atoms with Crippen LogP contribution in [0, 0.1) is 12.8 Å². The van der Waals surface area contributed by atoms with Crippen molar-refractivity contribution >= 4 is 29.9 Å². The molecule has 27 heavy (non-hydrogen) atoms. The minimum Gasteiger partial charge on any atom is -0.459 e. The van der Waals surface area contributed by atoms with Gasteiger partial charge in [0.2, 0.25) is 0 Å². The molecule has 1 aromatic heterocycles. The summed E-state index contributed by atoms with van der Waals surface area (Å²) < 4.78 is 5.10. The lowest BCUT2D eigenvalue weighted by Crippen LogP contribution is -2.33. The van der Waals surface area contributed by atoms with E-state index < -0.39 is 0 Å². The third-order valence-electron chi connectivity index (χ3n) is 4.73. The lowest BCUT2D eigenvalue weighted by atomic mass is 9.96. The molecule has 2 heterocycles. The Balaban J connectivity index is 0.00000261. The van der Waals surface area contributed by atoms with Crippen LogP contribution in [-0.4, -0.2) is 31.4 Å². The average Bonchev–Trinajstić information content (AvgIpc) is 3.19. The third-order valence-corrected chi connectivity index (χ3v) is 4.73. The summed E-state index contributed by atoms with van der Waals surface area (Å²) >= 11 is 0. The number of hydrogen-bond acceptors (Lipinski definition) is 4. The first kappa shape index (κ1) is 21.0. The van der Waals surface area contributed by atoms with Crippen LogP contribution in [0.15, 0.2) is 41.0 Å².